The normalized spacial score (nSPS) is 12.6. The van der Waals surface area contributed by atoms with Crippen molar-refractivity contribution in [1.29, 1.82) is 0 Å². The van der Waals surface area contributed by atoms with Crippen molar-refractivity contribution in [1.82, 2.24) is 20.1 Å². The predicted molar refractivity (Wildman–Crippen MR) is 77.0 cm³/mol. The van der Waals surface area contributed by atoms with Crippen LogP contribution in [0.4, 0.5) is 0 Å². The van der Waals surface area contributed by atoms with Crippen molar-refractivity contribution in [2.75, 3.05) is 6.54 Å². The fourth-order valence-electron chi connectivity index (χ4n) is 2.22. The summed E-state index contributed by atoms with van der Waals surface area (Å²) in [5.41, 5.74) is 3.47. The van der Waals surface area contributed by atoms with Gasteiger partial charge in [-0.2, -0.15) is 5.10 Å². The summed E-state index contributed by atoms with van der Waals surface area (Å²) in [6.07, 6.45) is 4.83. The van der Waals surface area contributed by atoms with E-state index in [-0.39, 0.29) is 6.04 Å². The maximum Gasteiger partial charge on any atom is 0.0921 e. The molecule has 4 nitrogen and oxygen atoms in total. The highest BCUT2D eigenvalue weighted by Gasteiger charge is 2.18. The Balaban J connectivity index is 2.35. The van der Waals surface area contributed by atoms with Crippen LogP contribution in [-0.2, 0) is 6.54 Å². The zero-order chi connectivity index (χ0) is 13.7. The average molecular weight is 258 g/mol. The summed E-state index contributed by atoms with van der Waals surface area (Å²) in [5.74, 6) is 0. The molecular weight excluding hydrogens is 236 g/mol. The van der Waals surface area contributed by atoms with E-state index in [0.29, 0.717) is 0 Å². The lowest BCUT2D eigenvalue weighted by atomic mass is 10.1. The van der Waals surface area contributed by atoms with Crippen LogP contribution >= 0.6 is 0 Å². The van der Waals surface area contributed by atoms with Gasteiger partial charge in [-0.1, -0.05) is 6.92 Å². The van der Waals surface area contributed by atoms with Gasteiger partial charge in [-0.25, -0.2) is 0 Å². The van der Waals surface area contributed by atoms with Crippen LogP contribution in [0.5, 0.6) is 0 Å². The minimum atomic E-state index is 0.113. The monoisotopic (exact) mass is 258 g/mol. The van der Waals surface area contributed by atoms with Crippen LogP contribution in [0.1, 0.15) is 43.3 Å². The van der Waals surface area contributed by atoms with Gasteiger partial charge in [-0.05, 0) is 50.6 Å². The van der Waals surface area contributed by atoms with Crippen LogP contribution < -0.4 is 5.32 Å². The van der Waals surface area contributed by atoms with Gasteiger partial charge >= 0.3 is 0 Å². The lowest BCUT2D eigenvalue weighted by Crippen LogP contribution is -2.26. The van der Waals surface area contributed by atoms with E-state index in [1.54, 1.807) is 0 Å². The number of nitrogens with zero attached hydrogens (tertiary/aromatic N) is 3. The molecule has 2 aromatic heterocycles. The lowest BCUT2D eigenvalue weighted by Gasteiger charge is -2.19. The van der Waals surface area contributed by atoms with Crippen molar-refractivity contribution >= 4 is 0 Å². The molecule has 0 aliphatic heterocycles. The molecular formula is C15H22N4. The Hall–Kier alpha value is -1.68. The standard InChI is InChI=1S/C15H22N4/c1-4-8-17-15(13-11-12(3)6-9-16-13)14-7-10-18-19(14)5-2/h6-7,9-11,15,17H,4-5,8H2,1-3H3. The van der Waals surface area contributed by atoms with E-state index in [2.05, 4.69) is 48.3 Å². The van der Waals surface area contributed by atoms with E-state index in [9.17, 15) is 0 Å². The summed E-state index contributed by atoms with van der Waals surface area (Å²) < 4.78 is 2.03. The molecule has 4 heteroatoms. The van der Waals surface area contributed by atoms with Crippen molar-refractivity contribution in [3.05, 3.63) is 47.5 Å². The minimum Gasteiger partial charge on any atom is -0.304 e. The van der Waals surface area contributed by atoms with E-state index in [1.807, 2.05) is 23.1 Å². The van der Waals surface area contributed by atoms with Gasteiger partial charge < -0.3 is 5.32 Å². The molecule has 1 N–H and O–H groups in total. The number of aryl methyl sites for hydroxylation is 2. The van der Waals surface area contributed by atoms with Gasteiger partial charge in [0.15, 0.2) is 0 Å². The summed E-state index contributed by atoms with van der Waals surface area (Å²) in [5, 5.41) is 7.93. The molecule has 0 amide bonds. The second-order valence-electron chi connectivity index (χ2n) is 4.72. The Morgan fingerprint density at radius 2 is 2.11 bits per heavy atom. The van der Waals surface area contributed by atoms with Crippen LogP contribution in [-0.4, -0.2) is 21.3 Å². The number of hydrogen-bond donors (Lipinski definition) is 1. The minimum absolute atomic E-state index is 0.113. The molecule has 0 aromatic carbocycles. The second-order valence-corrected chi connectivity index (χ2v) is 4.72. The molecule has 2 aromatic rings. The van der Waals surface area contributed by atoms with Gasteiger partial charge in [0.1, 0.15) is 0 Å². The molecule has 19 heavy (non-hydrogen) atoms. The van der Waals surface area contributed by atoms with E-state index >= 15 is 0 Å². The highest BCUT2D eigenvalue weighted by atomic mass is 15.3. The predicted octanol–water partition coefficient (Wildman–Crippen LogP) is 2.70. The molecule has 0 aliphatic rings. The van der Waals surface area contributed by atoms with Crippen LogP contribution in [0.15, 0.2) is 30.6 Å². The topological polar surface area (TPSA) is 42.7 Å². The fourth-order valence-corrected chi connectivity index (χ4v) is 2.22. The van der Waals surface area contributed by atoms with E-state index in [4.69, 9.17) is 0 Å². The smallest absolute Gasteiger partial charge is 0.0921 e. The van der Waals surface area contributed by atoms with Gasteiger partial charge in [-0.3, -0.25) is 9.67 Å². The summed E-state index contributed by atoms with van der Waals surface area (Å²) in [4.78, 5) is 4.52. The molecule has 2 heterocycles. The first-order valence-corrected chi connectivity index (χ1v) is 6.93. The van der Waals surface area contributed by atoms with Gasteiger partial charge in [0, 0.05) is 18.9 Å². The van der Waals surface area contributed by atoms with Crippen molar-refractivity contribution < 1.29 is 0 Å². The summed E-state index contributed by atoms with van der Waals surface area (Å²) in [6.45, 7) is 8.22. The molecule has 0 bridgehead atoms. The Morgan fingerprint density at radius 3 is 2.79 bits per heavy atom. The van der Waals surface area contributed by atoms with Gasteiger partial charge in [-0.15, -0.1) is 0 Å². The summed E-state index contributed by atoms with van der Waals surface area (Å²) in [6, 6.07) is 6.35. The molecule has 0 saturated carbocycles. The van der Waals surface area contributed by atoms with Crippen molar-refractivity contribution in [3.63, 3.8) is 0 Å². The van der Waals surface area contributed by atoms with E-state index < -0.39 is 0 Å². The third-order valence-corrected chi connectivity index (χ3v) is 3.18. The molecule has 0 fully saturated rings. The molecule has 0 spiro atoms. The maximum absolute atomic E-state index is 4.52. The largest absolute Gasteiger partial charge is 0.304 e. The second kappa shape index (κ2) is 6.48. The van der Waals surface area contributed by atoms with E-state index in [1.165, 1.54) is 11.3 Å². The molecule has 1 atom stereocenters. The lowest BCUT2D eigenvalue weighted by molar-refractivity contribution is 0.522. The van der Waals surface area contributed by atoms with Crippen molar-refractivity contribution in [2.24, 2.45) is 0 Å². The molecule has 0 radical (unpaired) electrons. The SMILES string of the molecule is CCCNC(c1cc(C)ccn1)c1ccnn1CC. The van der Waals surface area contributed by atoms with Gasteiger partial charge in [0.2, 0.25) is 0 Å². The quantitative estimate of drug-likeness (QED) is 0.866. The van der Waals surface area contributed by atoms with Gasteiger partial charge in [0.25, 0.3) is 0 Å². The molecule has 0 aliphatic carbocycles. The fraction of sp³-hybridized carbons (Fsp3) is 0.467. The van der Waals surface area contributed by atoms with Crippen molar-refractivity contribution in [3.8, 4) is 0 Å². The number of hydrogen-bond acceptors (Lipinski definition) is 3. The van der Waals surface area contributed by atoms with Crippen LogP contribution in [0.3, 0.4) is 0 Å². The number of nitrogens with one attached hydrogen (secondary N) is 1. The third kappa shape index (κ3) is 3.20. The third-order valence-electron chi connectivity index (χ3n) is 3.18. The Labute approximate surface area is 114 Å². The highest BCUT2D eigenvalue weighted by molar-refractivity contribution is 5.25. The Kier molecular flexibility index (Phi) is 4.68. The first-order valence-electron chi connectivity index (χ1n) is 6.93. The molecule has 2 rings (SSSR count). The van der Waals surface area contributed by atoms with Crippen LogP contribution in [0.2, 0.25) is 0 Å². The Bertz CT molecular complexity index is 518. The zero-order valence-corrected chi connectivity index (χ0v) is 11.9. The molecule has 1 unspecified atom stereocenters. The maximum atomic E-state index is 4.52. The first kappa shape index (κ1) is 13.7. The Morgan fingerprint density at radius 1 is 1.26 bits per heavy atom. The number of aromatic nitrogens is 3. The highest BCUT2D eigenvalue weighted by Crippen LogP contribution is 2.20. The summed E-state index contributed by atoms with van der Waals surface area (Å²) in [7, 11) is 0. The van der Waals surface area contributed by atoms with Crippen LogP contribution in [0, 0.1) is 6.92 Å². The number of rotatable bonds is 6. The summed E-state index contributed by atoms with van der Waals surface area (Å²) >= 11 is 0. The first-order chi connectivity index (χ1) is 9.26. The molecule has 0 saturated heterocycles. The van der Waals surface area contributed by atoms with Crippen molar-refractivity contribution in [2.45, 2.75) is 39.8 Å². The zero-order valence-electron chi connectivity index (χ0n) is 11.9. The van der Waals surface area contributed by atoms with Crippen LogP contribution in [0.25, 0.3) is 0 Å². The average Bonchev–Trinajstić information content (AvgIpc) is 2.88. The van der Waals surface area contributed by atoms with Gasteiger partial charge in [0.05, 0.1) is 17.4 Å². The molecule has 102 valence electrons. The van der Waals surface area contributed by atoms with E-state index in [0.717, 1.165) is 25.2 Å². The number of pyridine rings is 1.